The van der Waals surface area contributed by atoms with Crippen LogP contribution in [-0.2, 0) is 6.42 Å². The van der Waals surface area contributed by atoms with Crippen molar-refractivity contribution >= 4 is 28.6 Å². The predicted octanol–water partition coefficient (Wildman–Crippen LogP) is 6.16. The van der Waals surface area contributed by atoms with E-state index in [0.717, 1.165) is 53.9 Å². The van der Waals surface area contributed by atoms with Crippen LogP contribution in [0.2, 0.25) is 5.02 Å². The summed E-state index contributed by atoms with van der Waals surface area (Å²) >= 11 is 6.10. The number of fused-ring (bicyclic) bond motifs is 1. The van der Waals surface area contributed by atoms with Gasteiger partial charge in [-0.3, -0.25) is 4.79 Å². The fourth-order valence-corrected chi connectivity index (χ4v) is 5.16. The Morgan fingerprint density at radius 3 is 2.82 bits per heavy atom. The molecule has 0 N–H and O–H groups in total. The highest BCUT2D eigenvalue weighted by Gasteiger charge is 2.33. The summed E-state index contributed by atoms with van der Waals surface area (Å²) in [5.41, 5.74) is 5.00. The summed E-state index contributed by atoms with van der Waals surface area (Å²) in [6.07, 6.45) is 5.50. The molecule has 1 aliphatic rings. The SMILES string of the molecule is Cc1ccc(-n2ccc(C)n2)c(C(=O)N2CCC[C@@H](C)[C@H]2CCc2nc3cc(Cl)ccc3o2)c1. The molecule has 1 saturated heterocycles. The van der Waals surface area contributed by atoms with Crippen LogP contribution in [0.1, 0.15) is 53.7 Å². The van der Waals surface area contributed by atoms with Gasteiger partial charge in [0.05, 0.1) is 16.9 Å². The molecule has 0 unspecified atom stereocenters. The molecule has 1 fully saturated rings. The first kappa shape index (κ1) is 22.7. The van der Waals surface area contributed by atoms with Crippen LogP contribution in [0.25, 0.3) is 16.8 Å². The number of halogens is 1. The number of aromatic nitrogens is 3. The van der Waals surface area contributed by atoms with Crippen LogP contribution < -0.4 is 0 Å². The summed E-state index contributed by atoms with van der Waals surface area (Å²) in [4.78, 5) is 20.6. The highest BCUT2D eigenvalue weighted by molar-refractivity contribution is 6.31. The fraction of sp³-hybridized carbons (Fsp3) is 0.370. The zero-order valence-electron chi connectivity index (χ0n) is 19.8. The Hall–Kier alpha value is -3.12. The first-order valence-electron chi connectivity index (χ1n) is 11.9. The number of likely N-dealkylation sites (tertiary alicyclic amines) is 1. The monoisotopic (exact) mass is 476 g/mol. The third kappa shape index (κ3) is 4.47. The van der Waals surface area contributed by atoms with Gasteiger partial charge in [0.15, 0.2) is 11.5 Å². The number of carbonyl (C=O) groups is 1. The average Bonchev–Trinajstić information content (AvgIpc) is 3.43. The first-order chi connectivity index (χ1) is 16.4. The fourth-order valence-electron chi connectivity index (χ4n) is 4.99. The summed E-state index contributed by atoms with van der Waals surface area (Å²) in [6.45, 7) is 6.96. The quantitative estimate of drug-likeness (QED) is 0.346. The number of carbonyl (C=O) groups excluding carboxylic acids is 1. The number of rotatable bonds is 5. The van der Waals surface area contributed by atoms with Crippen LogP contribution in [0.3, 0.4) is 0 Å². The van der Waals surface area contributed by atoms with Crippen LogP contribution in [0, 0.1) is 19.8 Å². The van der Waals surface area contributed by atoms with E-state index in [9.17, 15) is 4.79 Å². The molecule has 0 aliphatic carbocycles. The van der Waals surface area contributed by atoms with Crippen LogP contribution in [0.5, 0.6) is 0 Å². The van der Waals surface area contributed by atoms with Crippen molar-refractivity contribution < 1.29 is 9.21 Å². The molecule has 5 rings (SSSR count). The lowest BCUT2D eigenvalue weighted by Crippen LogP contribution is -2.48. The highest BCUT2D eigenvalue weighted by Crippen LogP contribution is 2.30. The normalized spacial score (nSPS) is 18.5. The van der Waals surface area contributed by atoms with Gasteiger partial charge in [0, 0.05) is 30.2 Å². The number of oxazole rings is 1. The molecule has 2 atom stereocenters. The van der Waals surface area contributed by atoms with Gasteiger partial charge in [-0.1, -0.05) is 30.2 Å². The van der Waals surface area contributed by atoms with E-state index in [4.69, 9.17) is 16.0 Å². The second-order valence-electron chi connectivity index (χ2n) is 9.37. The van der Waals surface area contributed by atoms with Crippen LogP contribution >= 0.6 is 11.6 Å². The molecule has 7 heteroatoms. The van der Waals surface area contributed by atoms with Gasteiger partial charge in [0.25, 0.3) is 5.91 Å². The van der Waals surface area contributed by atoms with Gasteiger partial charge >= 0.3 is 0 Å². The Morgan fingerprint density at radius 1 is 1.18 bits per heavy atom. The summed E-state index contributed by atoms with van der Waals surface area (Å²) in [6, 6.07) is 13.5. The molecular weight excluding hydrogens is 448 g/mol. The lowest BCUT2D eigenvalue weighted by molar-refractivity contribution is 0.0496. The topological polar surface area (TPSA) is 64.2 Å². The third-order valence-electron chi connectivity index (χ3n) is 6.78. The van der Waals surface area contributed by atoms with E-state index < -0.39 is 0 Å². The van der Waals surface area contributed by atoms with Gasteiger partial charge in [-0.2, -0.15) is 5.10 Å². The van der Waals surface area contributed by atoms with Crippen LogP contribution in [0.4, 0.5) is 0 Å². The average molecular weight is 477 g/mol. The molecule has 3 heterocycles. The summed E-state index contributed by atoms with van der Waals surface area (Å²) in [5, 5.41) is 5.20. The van der Waals surface area contributed by atoms with E-state index in [1.807, 2.05) is 62.5 Å². The van der Waals surface area contributed by atoms with Crippen LogP contribution in [-0.4, -0.2) is 38.2 Å². The lowest BCUT2D eigenvalue weighted by atomic mass is 9.87. The van der Waals surface area contributed by atoms with Crippen molar-refractivity contribution in [1.82, 2.24) is 19.7 Å². The van der Waals surface area contributed by atoms with E-state index in [1.165, 1.54) is 0 Å². The maximum absolute atomic E-state index is 13.9. The molecule has 4 aromatic rings. The highest BCUT2D eigenvalue weighted by atomic mass is 35.5. The molecule has 34 heavy (non-hydrogen) atoms. The van der Waals surface area contributed by atoms with Gasteiger partial charge in [-0.15, -0.1) is 0 Å². The minimum Gasteiger partial charge on any atom is -0.441 e. The predicted molar refractivity (Wildman–Crippen MR) is 134 cm³/mol. The van der Waals surface area contributed by atoms with Crippen molar-refractivity contribution in [3.05, 3.63) is 76.4 Å². The molecular formula is C27H29ClN4O2. The number of nitrogens with zero attached hydrogens (tertiary/aromatic N) is 4. The summed E-state index contributed by atoms with van der Waals surface area (Å²) in [5.74, 6) is 1.15. The van der Waals surface area contributed by atoms with E-state index in [2.05, 4.69) is 21.9 Å². The summed E-state index contributed by atoms with van der Waals surface area (Å²) < 4.78 is 7.74. The second-order valence-corrected chi connectivity index (χ2v) is 9.80. The van der Waals surface area contributed by atoms with Gasteiger partial charge < -0.3 is 9.32 Å². The molecule has 2 aromatic heterocycles. The van der Waals surface area contributed by atoms with Crippen molar-refractivity contribution in [2.24, 2.45) is 5.92 Å². The van der Waals surface area contributed by atoms with Crippen molar-refractivity contribution in [2.45, 2.75) is 52.5 Å². The van der Waals surface area contributed by atoms with Crippen molar-refractivity contribution in [2.75, 3.05) is 6.54 Å². The Kier molecular flexibility index (Phi) is 6.17. The van der Waals surface area contributed by atoms with Gasteiger partial charge in [0.1, 0.15) is 5.52 Å². The standard InChI is InChI=1S/C27H29ClN4O2/c1-17-6-8-24(32-14-12-19(3)30-32)21(15-17)27(33)31-13-4-5-18(2)23(31)9-11-26-29-22-16-20(28)7-10-25(22)34-26/h6-8,10,12,14-16,18,23H,4-5,9,11,13H2,1-3H3/t18-,23-/m1/s1. The first-order valence-corrected chi connectivity index (χ1v) is 12.3. The maximum atomic E-state index is 13.9. The van der Waals surface area contributed by atoms with E-state index in [1.54, 1.807) is 4.68 Å². The number of hydrogen-bond donors (Lipinski definition) is 0. The van der Waals surface area contributed by atoms with E-state index in [0.29, 0.717) is 28.8 Å². The molecule has 0 radical (unpaired) electrons. The number of amides is 1. The number of benzene rings is 2. The molecule has 0 bridgehead atoms. The number of piperidine rings is 1. The minimum atomic E-state index is 0.0627. The Bertz CT molecular complexity index is 1340. The molecule has 1 aliphatic heterocycles. The zero-order valence-corrected chi connectivity index (χ0v) is 20.5. The second kappa shape index (κ2) is 9.26. The number of aryl methyl sites for hydroxylation is 3. The zero-order chi connectivity index (χ0) is 23.8. The van der Waals surface area contributed by atoms with Gasteiger partial charge in [-0.25, -0.2) is 9.67 Å². The molecule has 2 aromatic carbocycles. The minimum absolute atomic E-state index is 0.0627. The molecule has 1 amide bonds. The summed E-state index contributed by atoms with van der Waals surface area (Å²) in [7, 11) is 0. The van der Waals surface area contributed by atoms with Crippen LogP contribution in [0.15, 0.2) is 53.1 Å². The van der Waals surface area contributed by atoms with Crippen molar-refractivity contribution in [3.8, 4) is 5.69 Å². The van der Waals surface area contributed by atoms with E-state index in [-0.39, 0.29) is 11.9 Å². The Morgan fingerprint density at radius 2 is 2.03 bits per heavy atom. The maximum Gasteiger partial charge on any atom is 0.256 e. The number of hydrogen-bond acceptors (Lipinski definition) is 4. The molecule has 0 spiro atoms. The van der Waals surface area contributed by atoms with Gasteiger partial charge in [-0.05, 0) is 75.4 Å². The Labute approximate surface area is 204 Å². The lowest BCUT2D eigenvalue weighted by Gasteiger charge is -2.40. The third-order valence-corrected chi connectivity index (χ3v) is 7.01. The molecule has 6 nitrogen and oxygen atoms in total. The smallest absolute Gasteiger partial charge is 0.256 e. The largest absolute Gasteiger partial charge is 0.441 e. The van der Waals surface area contributed by atoms with Crippen molar-refractivity contribution in [1.29, 1.82) is 0 Å². The van der Waals surface area contributed by atoms with Gasteiger partial charge in [0.2, 0.25) is 0 Å². The Balaban J connectivity index is 1.41. The molecule has 176 valence electrons. The van der Waals surface area contributed by atoms with E-state index >= 15 is 0 Å². The van der Waals surface area contributed by atoms with Crippen molar-refractivity contribution in [3.63, 3.8) is 0 Å². The molecule has 0 saturated carbocycles.